The first-order valence-electron chi connectivity index (χ1n) is 7.76. The topological polar surface area (TPSA) is 47.8 Å². The number of pyridine rings is 1. The summed E-state index contributed by atoms with van der Waals surface area (Å²) in [5.74, 6) is 0.560. The molecule has 132 valence electrons. The van der Waals surface area contributed by atoms with E-state index in [1.165, 1.54) is 23.1 Å². The number of hydrogen-bond acceptors (Lipinski definition) is 5. The van der Waals surface area contributed by atoms with Gasteiger partial charge in [0.15, 0.2) is 5.16 Å². The van der Waals surface area contributed by atoms with Crippen LogP contribution in [0.25, 0.3) is 21.1 Å². The zero-order valence-electron chi connectivity index (χ0n) is 13.9. The van der Waals surface area contributed by atoms with E-state index in [9.17, 15) is 4.79 Å². The minimum atomic E-state index is -0.0224. The fourth-order valence-corrected chi connectivity index (χ4v) is 5.11. The summed E-state index contributed by atoms with van der Waals surface area (Å²) in [5.41, 5.74) is 2.62. The zero-order chi connectivity index (χ0) is 18.4. The van der Waals surface area contributed by atoms with E-state index in [4.69, 9.17) is 23.2 Å². The van der Waals surface area contributed by atoms with Gasteiger partial charge < -0.3 is 0 Å². The van der Waals surface area contributed by atoms with E-state index < -0.39 is 0 Å². The third-order valence-electron chi connectivity index (χ3n) is 4.12. The van der Waals surface area contributed by atoms with E-state index >= 15 is 0 Å². The SMILES string of the molecule is Cc1csc2nc(SCc3cc4cc(Cl)ccc4nc3Cl)n(C)c(=O)c12. The average molecular weight is 422 g/mol. The Morgan fingerprint density at radius 1 is 1.23 bits per heavy atom. The van der Waals surface area contributed by atoms with E-state index in [1.54, 1.807) is 17.7 Å². The maximum atomic E-state index is 12.6. The van der Waals surface area contributed by atoms with Gasteiger partial charge in [-0.2, -0.15) is 0 Å². The maximum absolute atomic E-state index is 12.6. The second-order valence-corrected chi connectivity index (χ2v) is 8.52. The minimum Gasteiger partial charge on any atom is -0.290 e. The molecule has 3 aromatic heterocycles. The van der Waals surface area contributed by atoms with Crippen LogP contribution in [0.5, 0.6) is 0 Å². The van der Waals surface area contributed by atoms with Crippen LogP contribution >= 0.6 is 46.3 Å². The smallest absolute Gasteiger partial charge is 0.262 e. The predicted octanol–water partition coefficient (Wildman–Crippen LogP) is 5.45. The number of fused-ring (bicyclic) bond motifs is 2. The van der Waals surface area contributed by atoms with Crippen molar-refractivity contribution in [1.29, 1.82) is 0 Å². The van der Waals surface area contributed by atoms with Crippen molar-refractivity contribution in [3.63, 3.8) is 0 Å². The molecule has 3 heterocycles. The third-order valence-corrected chi connectivity index (χ3v) is 6.75. The van der Waals surface area contributed by atoms with E-state index in [2.05, 4.69) is 9.97 Å². The lowest BCUT2D eigenvalue weighted by Crippen LogP contribution is -2.19. The predicted molar refractivity (Wildman–Crippen MR) is 111 cm³/mol. The van der Waals surface area contributed by atoms with Crippen molar-refractivity contribution < 1.29 is 0 Å². The molecule has 0 aliphatic carbocycles. The molecule has 0 atom stereocenters. The Balaban J connectivity index is 1.70. The number of nitrogens with zero attached hydrogens (tertiary/aromatic N) is 3. The lowest BCUT2D eigenvalue weighted by Gasteiger charge is -2.09. The van der Waals surface area contributed by atoms with Gasteiger partial charge in [-0.25, -0.2) is 9.97 Å². The first kappa shape index (κ1) is 17.8. The number of rotatable bonds is 3. The van der Waals surface area contributed by atoms with E-state index in [0.29, 0.717) is 26.5 Å². The van der Waals surface area contributed by atoms with Gasteiger partial charge in [0.1, 0.15) is 9.98 Å². The summed E-state index contributed by atoms with van der Waals surface area (Å²) in [6.45, 7) is 1.93. The largest absolute Gasteiger partial charge is 0.290 e. The van der Waals surface area contributed by atoms with Gasteiger partial charge in [0, 0.05) is 28.8 Å². The number of thioether (sulfide) groups is 1. The molecule has 26 heavy (non-hydrogen) atoms. The van der Waals surface area contributed by atoms with Crippen LogP contribution in [-0.4, -0.2) is 14.5 Å². The van der Waals surface area contributed by atoms with Crippen molar-refractivity contribution in [1.82, 2.24) is 14.5 Å². The zero-order valence-corrected chi connectivity index (χ0v) is 17.1. The Labute approximate surface area is 167 Å². The van der Waals surface area contributed by atoms with Crippen molar-refractivity contribution in [3.8, 4) is 0 Å². The quantitative estimate of drug-likeness (QED) is 0.250. The van der Waals surface area contributed by atoms with Gasteiger partial charge in [-0.15, -0.1) is 11.3 Å². The van der Waals surface area contributed by atoms with Gasteiger partial charge in [0.05, 0.1) is 10.9 Å². The Bertz CT molecular complexity index is 1220. The van der Waals surface area contributed by atoms with Crippen molar-refractivity contribution in [2.24, 2.45) is 7.05 Å². The molecular formula is C18H13Cl2N3OS2. The molecule has 8 heteroatoms. The maximum Gasteiger partial charge on any atom is 0.262 e. The molecule has 0 amide bonds. The fourth-order valence-electron chi connectivity index (χ4n) is 2.73. The molecule has 0 bridgehead atoms. The van der Waals surface area contributed by atoms with E-state index in [0.717, 1.165) is 26.9 Å². The molecule has 0 aliphatic rings. The van der Waals surface area contributed by atoms with Crippen molar-refractivity contribution in [2.45, 2.75) is 17.8 Å². The highest BCUT2D eigenvalue weighted by molar-refractivity contribution is 7.98. The van der Waals surface area contributed by atoms with Crippen LogP contribution < -0.4 is 5.56 Å². The molecule has 0 saturated carbocycles. The second kappa shape index (κ2) is 6.85. The normalized spacial score (nSPS) is 11.5. The first-order chi connectivity index (χ1) is 12.4. The first-order valence-corrected chi connectivity index (χ1v) is 10.4. The fraction of sp³-hybridized carbons (Fsp3) is 0.167. The monoisotopic (exact) mass is 421 g/mol. The summed E-state index contributed by atoms with van der Waals surface area (Å²) < 4.78 is 1.59. The summed E-state index contributed by atoms with van der Waals surface area (Å²) in [5, 5.41) is 5.35. The van der Waals surface area contributed by atoms with Crippen LogP contribution in [0.2, 0.25) is 10.2 Å². The van der Waals surface area contributed by atoms with Gasteiger partial charge in [-0.05, 0) is 42.1 Å². The van der Waals surface area contributed by atoms with Crippen LogP contribution in [0.15, 0.2) is 39.6 Å². The number of aromatic nitrogens is 3. The van der Waals surface area contributed by atoms with Crippen LogP contribution in [-0.2, 0) is 12.8 Å². The Hall–Kier alpha value is -1.60. The molecule has 0 saturated heterocycles. The highest BCUT2D eigenvalue weighted by Crippen LogP contribution is 2.29. The molecule has 0 fully saturated rings. The lowest BCUT2D eigenvalue weighted by atomic mass is 10.2. The number of aryl methyl sites for hydroxylation is 1. The molecule has 0 spiro atoms. The molecule has 0 radical (unpaired) electrons. The van der Waals surface area contributed by atoms with Gasteiger partial charge in [-0.3, -0.25) is 9.36 Å². The average Bonchev–Trinajstić information content (AvgIpc) is 2.98. The minimum absolute atomic E-state index is 0.0224. The summed E-state index contributed by atoms with van der Waals surface area (Å²) in [7, 11) is 1.74. The van der Waals surface area contributed by atoms with Gasteiger partial charge >= 0.3 is 0 Å². The van der Waals surface area contributed by atoms with Crippen LogP contribution in [0.4, 0.5) is 0 Å². The van der Waals surface area contributed by atoms with Gasteiger partial charge in [0.2, 0.25) is 0 Å². The summed E-state index contributed by atoms with van der Waals surface area (Å²) in [4.78, 5) is 22.4. The Morgan fingerprint density at radius 2 is 2.04 bits per heavy atom. The summed E-state index contributed by atoms with van der Waals surface area (Å²) >= 11 is 15.4. The molecule has 4 rings (SSSR count). The highest BCUT2D eigenvalue weighted by atomic mass is 35.5. The third kappa shape index (κ3) is 3.11. The second-order valence-electron chi connectivity index (χ2n) is 5.92. The lowest BCUT2D eigenvalue weighted by molar-refractivity contribution is 0.727. The molecule has 4 aromatic rings. The number of halogens is 2. The van der Waals surface area contributed by atoms with E-state index in [1.807, 2.05) is 30.5 Å². The van der Waals surface area contributed by atoms with E-state index in [-0.39, 0.29) is 5.56 Å². The number of benzene rings is 1. The molecule has 4 nitrogen and oxygen atoms in total. The molecule has 0 unspecified atom stereocenters. The summed E-state index contributed by atoms with van der Waals surface area (Å²) in [6, 6.07) is 7.48. The van der Waals surface area contributed by atoms with Crippen LogP contribution in [0.3, 0.4) is 0 Å². The van der Waals surface area contributed by atoms with Gasteiger partial charge in [-0.1, -0.05) is 35.0 Å². The highest BCUT2D eigenvalue weighted by Gasteiger charge is 2.14. The van der Waals surface area contributed by atoms with Crippen LogP contribution in [0.1, 0.15) is 11.1 Å². The van der Waals surface area contributed by atoms with Crippen molar-refractivity contribution in [3.05, 3.63) is 61.3 Å². The number of hydrogen-bond donors (Lipinski definition) is 0. The molecule has 1 aromatic carbocycles. The van der Waals surface area contributed by atoms with Gasteiger partial charge in [0.25, 0.3) is 5.56 Å². The standard InChI is InChI=1S/C18H13Cl2N3OS2/c1-9-7-25-16-14(9)17(24)23(2)18(22-16)26-8-11-5-10-6-12(19)3-4-13(10)21-15(11)20/h3-7H,8H2,1-2H3. The molecule has 0 aliphatic heterocycles. The molecular weight excluding hydrogens is 409 g/mol. The Morgan fingerprint density at radius 3 is 2.85 bits per heavy atom. The van der Waals surface area contributed by atoms with Crippen molar-refractivity contribution >= 4 is 67.4 Å². The number of thiophene rings is 1. The van der Waals surface area contributed by atoms with Crippen LogP contribution in [0, 0.1) is 6.92 Å². The Kier molecular flexibility index (Phi) is 4.69. The summed E-state index contributed by atoms with van der Waals surface area (Å²) in [6.07, 6.45) is 0. The molecule has 0 N–H and O–H groups in total. The van der Waals surface area contributed by atoms with Crippen molar-refractivity contribution in [2.75, 3.05) is 0 Å².